The van der Waals surface area contributed by atoms with Crippen molar-refractivity contribution in [2.24, 2.45) is 5.92 Å². The van der Waals surface area contributed by atoms with Gasteiger partial charge in [-0.25, -0.2) is 4.57 Å². The van der Waals surface area contributed by atoms with E-state index in [0.29, 0.717) is 12.8 Å². The number of allylic oxidation sites excluding steroid dienone is 2. The van der Waals surface area contributed by atoms with Gasteiger partial charge in [-0.3, -0.25) is 18.6 Å². The molecule has 2 aliphatic rings. The highest BCUT2D eigenvalue weighted by molar-refractivity contribution is 7.47. The van der Waals surface area contributed by atoms with Crippen LogP contribution in [0.4, 0.5) is 0 Å². The van der Waals surface area contributed by atoms with Crippen molar-refractivity contribution >= 4 is 19.8 Å². The van der Waals surface area contributed by atoms with E-state index in [1.165, 1.54) is 83.5 Å². The van der Waals surface area contributed by atoms with Gasteiger partial charge in [0, 0.05) is 12.8 Å². The van der Waals surface area contributed by atoms with Crippen LogP contribution in [0.5, 0.6) is 0 Å². The average molecular weight is 1040 g/mol. The molecule has 0 radical (unpaired) electrons. The molecule has 19 heteroatoms. The van der Waals surface area contributed by atoms with Crippen molar-refractivity contribution in [2.45, 2.75) is 280 Å². The van der Waals surface area contributed by atoms with Crippen LogP contribution < -0.4 is 0 Å². The topological polar surface area (TPSA) is 289 Å². The monoisotopic (exact) mass is 1040 g/mol. The number of phosphoric acid groups is 1. The number of hydrogen-bond donors (Lipinski definition) is 9. The molecule has 2 rings (SSSR count). The number of carbonyl (C=O) groups is 2. The molecule has 2 fully saturated rings. The van der Waals surface area contributed by atoms with Gasteiger partial charge in [0.25, 0.3) is 0 Å². The molecule has 1 heterocycles. The zero-order valence-corrected chi connectivity index (χ0v) is 44.3. The second-order valence-corrected chi connectivity index (χ2v) is 21.5. The number of carbonyl (C=O) groups excluding carboxylic acids is 2. The van der Waals surface area contributed by atoms with Crippen LogP contribution in [0.1, 0.15) is 207 Å². The fraction of sp³-hybridized carbons (Fsp3) is 0.923. The van der Waals surface area contributed by atoms with Gasteiger partial charge in [-0.1, -0.05) is 168 Å². The van der Waals surface area contributed by atoms with Crippen molar-refractivity contribution < 1.29 is 87.9 Å². The van der Waals surface area contributed by atoms with Crippen molar-refractivity contribution in [2.75, 3.05) is 19.8 Å². The number of unbranched alkanes of at least 4 members (excludes halogenated alkanes) is 21. The molecule has 14 atom stereocenters. The Bertz CT molecular complexity index is 1440. The van der Waals surface area contributed by atoms with E-state index in [1.807, 2.05) is 0 Å². The molecule has 14 unspecified atom stereocenters. The lowest BCUT2D eigenvalue weighted by Crippen LogP contribution is -2.67. The molecule has 71 heavy (non-hydrogen) atoms. The molecular weight excluding hydrogens is 944 g/mol. The van der Waals surface area contributed by atoms with Gasteiger partial charge in [0.05, 0.1) is 13.2 Å². The summed E-state index contributed by atoms with van der Waals surface area (Å²) in [6.45, 7) is 4.57. The number of hydrogen-bond acceptors (Lipinski definition) is 17. The predicted octanol–water partition coefficient (Wildman–Crippen LogP) is 7.13. The SMILES string of the molecule is CCCCCCC=CCCCCCCCCCC(=O)OC(COC(=O)CCCCCCCCC(C)CCCCCCCC)COP(=O)(O)OC1C(O)C(O)C(O)C(O)C1OC1OC(CO)C(O)C(O)C1O. The number of aliphatic hydroxyl groups excluding tert-OH is 8. The van der Waals surface area contributed by atoms with Crippen LogP contribution in [0.3, 0.4) is 0 Å². The number of aliphatic hydroxyl groups is 8. The maximum Gasteiger partial charge on any atom is 0.472 e. The Kier molecular flexibility index (Phi) is 35.9. The second kappa shape index (κ2) is 38.9. The molecule has 1 saturated carbocycles. The largest absolute Gasteiger partial charge is 0.472 e. The summed E-state index contributed by atoms with van der Waals surface area (Å²) in [7, 11) is -5.38. The zero-order chi connectivity index (χ0) is 52.4. The molecule has 0 amide bonds. The standard InChI is InChI=1S/C52H97O18P/c1-4-6-8-10-12-13-14-15-16-17-18-19-20-26-30-34-42(55)67-39(36-65-41(54)33-29-25-22-21-24-28-32-38(3)31-27-23-11-9-7-5-2)37-66-71(63,64)70-51-48(61)46(59)45(58)47(60)50(51)69-52-49(62)44(57)43(56)40(35-53)68-52/h13-14,38-40,43-53,56-62H,4-12,15-37H2,1-3H3,(H,63,64). The van der Waals surface area contributed by atoms with Crippen molar-refractivity contribution in [3.63, 3.8) is 0 Å². The molecule has 18 nitrogen and oxygen atoms in total. The Balaban J connectivity index is 1.93. The Labute approximate surface area is 424 Å². The Morgan fingerprint density at radius 3 is 1.55 bits per heavy atom. The van der Waals surface area contributed by atoms with Crippen LogP contribution in [-0.4, -0.2) is 151 Å². The minimum absolute atomic E-state index is 0.0299. The van der Waals surface area contributed by atoms with Crippen LogP contribution in [0.25, 0.3) is 0 Å². The van der Waals surface area contributed by atoms with Gasteiger partial charge in [0.2, 0.25) is 0 Å². The first-order valence-corrected chi connectivity index (χ1v) is 28.9. The first-order chi connectivity index (χ1) is 34.1. The van der Waals surface area contributed by atoms with E-state index in [2.05, 4.69) is 32.9 Å². The van der Waals surface area contributed by atoms with Crippen LogP contribution in [-0.2, 0) is 42.1 Å². The minimum atomic E-state index is -5.38. The highest BCUT2D eigenvalue weighted by Crippen LogP contribution is 2.48. The lowest BCUT2D eigenvalue weighted by Gasteiger charge is -2.47. The molecule has 418 valence electrons. The van der Waals surface area contributed by atoms with E-state index >= 15 is 0 Å². The van der Waals surface area contributed by atoms with Crippen molar-refractivity contribution in [3.8, 4) is 0 Å². The number of ether oxygens (including phenoxy) is 4. The summed E-state index contributed by atoms with van der Waals surface area (Å²) in [4.78, 5) is 36.7. The molecule has 0 aromatic rings. The van der Waals surface area contributed by atoms with E-state index in [1.54, 1.807) is 0 Å². The third kappa shape index (κ3) is 27.7. The molecule has 9 N–H and O–H groups in total. The fourth-order valence-corrected chi connectivity index (χ4v) is 9.97. The highest BCUT2D eigenvalue weighted by atomic mass is 31.2. The smallest absolute Gasteiger partial charge is 0.462 e. The Morgan fingerprint density at radius 1 is 0.563 bits per heavy atom. The van der Waals surface area contributed by atoms with Crippen molar-refractivity contribution in [3.05, 3.63) is 12.2 Å². The third-order valence-corrected chi connectivity index (χ3v) is 14.6. The van der Waals surface area contributed by atoms with E-state index in [-0.39, 0.29) is 12.8 Å². The Hall–Kier alpha value is -1.61. The van der Waals surface area contributed by atoms with Gasteiger partial charge in [0.1, 0.15) is 67.6 Å². The summed E-state index contributed by atoms with van der Waals surface area (Å²) in [5.74, 6) is -0.481. The van der Waals surface area contributed by atoms with E-state index in [4.69, 9.17) is 28.0 Å². The molecule has 0 bridgehead atoms. The quantitative estimate of drug-likeness (QED) is 0.0127. The molecule has 0 aromatic heterocycles. The van der Waals surface area contributed by atoms with E-state index in [0.717, 1.165) is 83.0 Å². The molecule has 1 aliphatic heterocycles. The summed E-state index contributed by atoms with van der Waals surface area (Å²) in [6, 6.07) is 0. The number of phosphoric ester groups is 1. The van der Waals surface area contributed by atoms with Gasteiger partial charge in [-0.2, -0.15) is 0 Å². The maximum atomic E-state index is 13.4. The first kappa shape index (κ1) is 65.5. The normalized spacial score (nSPS) is 27.6. The van der Waals surface area contributed by atoms with Crippen LogP contribution >= 0.6 is 7.82 Å². The summed E-state index contributed by atoms with van der Waals surface area (Å²) in [5, 5.41) is 83.1. The lowest BCUT2D eigenvalue weighted by atomic mass is 9.84. The predicted molar refractivity (Wildman–Crippen MR) is 268 cm³/mol. The summed E-state index contributed by atoms with van der Waals surface area (Å²) < 4.78 is 45.6. The average Bonchev–Trinajstić information content (AvgIpc) is 3.35. The molecular formula is C52H97O18P. The fourth-order valence-electron chi connectivity index (χ4n) is 9.00. The van der Waals surface area contributed by atoms with E-state index < -0.39 is 113 Å². The van der Waals surface area contributed by atoms with Gasteiger partial charge in [0.15, 0.2) is 12.4 Å². The molecule has 0 spiro atoms. The number of rotatable bonds is 42. The van der Waals surface area contributed by atoms with Crippen LogP contribution in [0.15, 0.2) is 12.2 Å². The van der Waals surface area contributed by atoms with Crippen molar-refractivity contribution in [1.29, 1.82) is 0 Å². The van der Waals surface area contributed by atoms with Gasteiger partial charge >= 0.3 is 19.8 Å². The van der Waals surface area contributed by atoms with Gasteiger partial charge in [-0.15, -0.1) is 0 Å². The van der Waals surface area contributed by atoms with Crippen LogP contribution in [0.2, 0.25) is 0 Å². The zero-order valence-electron chi connectivity index (χ0n) is 43.4. The summed E-state index contributed by atoms with van der Waals surface area (Å²) >= 11 is 0. The highest BCUT2D eigenvalue weighted by Gasteiger charge is 2.55. The van der Waals surface area contributed by atoms with Crippen molar-refractivity contribution in [1.82, 2.24) is 0 Å². The molecule has 1 saturated heterocycles. The maximum absolute atomic E-state index is 13.4. The second-order valence-electron chi connectivity index (χ2n) is 20.0. The summed E-state index contributed by atoms with van der Waals surface area (Å²) in [6.07, 6.45) is 11.4. The van der Waals surface area contributed by atoms with Gasteiger partial charge in [-0.05, 0) is 44.4 Å². The van der Waals surface area contributed by atoms with Gasteiger partial charge < -0.3 is 64.7 Å². The van der Waals surface area contributed by atoms with E-state index in [9.17, 15) is 59.9 Å². The van der Waals surface area contributed by atoms with Crippen LogP contribution in [0, 0.1) is 5.92 Å². The summed E-state index contributed by atoms with van der Waals surface area (Å²) in [5.41, 5.74) is 0. The number of esters is 2. The first-order valence-electron chi connectivity index (χ1n) is 27.4. The Morgan fingerprint density at radius 2 is 1.01 bits per heavy atom. The third-order valence-electron chi connectivity index (χ3n) is 13.6. The molecule has 1 aliphatic carbocycles. The molecule has 0 aromatic carbocycles. The lowest BCUT2D eigenvalue weighted by molar-refractivity contribution is -0.338. The minimum Gasteiger partial charge on any atom is -0.462 e.